The third-order valence-corrected chi connectivity index (χ3v) is 4.73. The number of rotatable bonds is 4. The molecule has 7 nitrogen and oxygen atoms in total. The average Bonchev–Trinajstić information content (AvgIpc) is 2.73. The molecular formula is C23H23ClN6O. The van der Waals surface area contributed by atoms with Crippen LogP contribution < -0.4 is 16.0 Å². The number of carbonyl (C=O) groups excluding carboxylic acids is 1. The Morgan fingerprint density at radius 2 is 1.87 bits per heavy atom. The van der Waals surface area contributed by atoms with Crippen LogP contribution in [0, 0.1) is 16.9 Å². The predicted octanol–water partition coefficient (Wildman–Crippen LogP) is 4.53. The van der Waals surface area contributed by atoms with Crippen molar-refractivity contribution in [1.29, 1.82) is 5.26 Å². The molecule has 1 heterocycles. The van der Waals surface area contributed by atoms with Crippen LogP contribution in [0.1, 0.15) is 31.1 Å². The molecule has 0 radical (unpaired) electrons. The van der Waals surface area contributed by atoms with Crippen LogP contribution >= 0.6 is 11.6 Å². The van der Waals surface area contributed by atoms with E-state index in [4.69, 9.17) is 11.6 Å². The van der Waals surface area contributed by atoms with E-state index in [0.29, 0.717) is 16.3 Å². The number of carbonyl (C=O) groups is 1. The molecule has 0 bridgehead atoms. The Kier molecular flexibility index (Phi) is 6.73. The molecule has 0 saturated carbocycles. The lowest BCUT2D eigenvalue weighted by Crippen LogP contribution is -2.44. The number of hydrogen-bond acceptors (Lipinski definition) is 4. The maximum absolute atomic E-state index is 12.7. The molecule has 3 rings (SSSR count). The molecule has 0 saturated heterocycles. The molecule has 31 heavy (non-hydrogen) atoms. The van der Waals surface area contributed by atoms with Gasteiger partial charge in [-0.3, -0.25) is 15.1 Å². The second-order valence-corrected chi connectivity index (χ2v) is 8.44. The van der Waals surface area contributed by atoms with Crippen LogP contribution in [0.4, 0.5) is 5.69 Å². The van der Waals surface area contributed by atoms with Gasteiger partial charge in [-0.05, 0) is 36.4 Å². The fourth-order valence-corrected chi connectivity index (χ4v) is 2.93. The second kappa shape index (κ2) is 9.45. The van der Waals surface area contributed by atoms with Gasteiger partial charge in [0.1, 0.15) is 6.17 Å². The van der Waals surface area contributed by atoms with Gasteiger partial charge in [-0.15, -0.1) is 0 Å². The minimum atomic E-state index is -0.618. The van der Waals surface area contributed by atoms with Gasteiger partial charge in [0.25, 0.3) is 5.91 Å². The van der Waals surface area contributed by atoms with Gasteiger partial charge in [0.05, 0.1) is 17.4 Å². The topological polar surface area (TPSA) is 102 Å². The fourth-order valence-electron chi connectivity index (χ4n) is 2.81. The van der Waals surface area contributed by atoms with E-state index in [9.17, 15) is 10.1 Å². The highest BCUT2D eigenvalue weighted by Gasteiger charge is 2.27. The third kappa shape index (κ3) is 5.93. The quantitative estimate of drug-likeness (QED) is 0.242. The monoisotopic (exact) mass is 434 g/mol. The summed E-state index contributed by atoms with van der Waals surface area (Å²) in [5, 5.41) is 19.2. The molecule has 158 valence electrons. The summed E-state index contributed by atoms with van der Waals surface area (Å²) in [6.45, 7) is 5.85. The van der Waals surface area contributed by atoms with Crippen LogP contribution in [-0.2, 0) is 0 Å². The van der Waals surface area contributed by atoms with Crippen LogP contribution in [0.15, 0.2) is 65.8 Å². The van der Waals surface area contributed by atoms with Crippen molar-refractivity contribution in [3.63, 3.8) is 0 Å². The number of fused-ring (bicyclic) bond motifs is 1. The predicted molar refractivity (Wildman–Crippen MR) is 124 cm³/mol. The number of hydrogen-bond donors (Lipinski definition) is 3. The van der Waals surface area contributed by atoms with Crippen molar-refractivity contribution in [2.24, 2.45) is 10.4 Å². The van der Waals surface area contributed by atoms with Gasteiger partial charge >= 0.3 is 0 Å². The number of pyridine rings is 1. The highest BCUT2D eigenvalue weighted by atomic mass is 35.5. The lowest BCUT2D eigenvalue weighted by Gasteiger charge is -2.29. The average molecular weight is 435 g/mol. The summed E-state index contributed by atoms with van der Waals surface area (Å²) in [6.07, 6.45) is 2.93. The molecule has 8 heteroatoms. The van der Waals surface area contributed by atoms with Crippen molar-refractivity contribution in [3.8, 4) is 6.19 Å². The summed E-state index contributed by atoms with van der Waals surface area (Å²) in [5.41, 5.74) is 1.57. The first-order valence-electron chi connectivity index (χ1n) is 9.67. The zero-order valence-corrected chi connectivity index (χ0v) is 18.2. The number of nitrogens with one attached hydrogen (secondary N) is 3. The highest BCUT2D eigenvalue weighted by Crippen LogP contribution is 2.22. The van der Waals surface area contributed by atoms with Gasteiger partial charge in [0, 0.05) is 21.4 Å². The second-order valence-electron chi connectivity index (χ2n) is 8.01. The number of halogens is 1. The van der Waals surface area contributed by atoms with Crippen molar-refractivity contribution in [2.45, 2.75) is 26.9 Å². The van der Waals surface area contributed by atoms with E-state index in [-0.39, 0.29) is 11.9 Å². The van der Waals surface area contributed by atoms with E-state index in [2.05, 4.69) is 25.9 Å². The number of nitriles is 1. The molecule has 1 unspecified atom stereocenters. The molecule has 1 amide bonds. The van der Waals surface area contributed by atoms with Gasteiger partial charge in [-0.25, -0.2) is 4.99 Å². The van der Waals surface area contributed by atoms with Gasteiger partial charge in [0.2, 0.25) is 5.96 Å². The van der Waals surface area contributed by atoms with E-state index in [1.807, 2.05) is 57.3 Å². The van der Waals surface area contributed by atoms with Crippen molar-refractivity contribution in [3.05, 3.63) is 71.4 Å². The van der Waals surface area contributed by atoms with E-state index in [0.717, 1.165) is 10.9 Å². The number of anilines is 1. The zero-order chi connectivity index (χ0) is 22.4. The van der Waals surface area contributed by atoms with Gasteiger partial charge in [-0.1, -0.05) is 50.6 Å². The van der Waals surface area contributed by atoms with E-state index in [1.165, 1.54) is 0 Å². The molecule has 2 aromatic carbocycles. The molecule has 0 aliphatic carbocycles. The van der Waals surface area contributed by atoms with Crippen LogP contribution in [0.5, 0.6) is 0 Å². The standard InChI is InChI=1S/C23H23ClN6O/c1-23(2,3)21(29-20(31)15-8-10-17(24)11-9-15)30-22(27-14-25)28-18-12-16-6-4-5-7-19(16)26-13-18/h4-13,21H,1-3H3,(H,29,31)(H2,27,28,30). The smallest absolute Gasteiger partial charge is 0.252 e. The van der Waals surface area contributed by atoms with Crippen LogP contribution in [0.3, 0.4) is 0 Å². The third-order valence-electron chi connectivity index (χ3n) is 4.48. The van der Waals surface area contributed by atoms with Gasteiger partial charge in [0.15, 0.2) is 6.19 Å². The first kappa shape index (κ1) is 22.1. The van der Waals surface area contributed by atoms with Crippen LogP contribution in [0.2, 0.25) is 5.02 Å². The number of guanidine groups is 1. The Hall–Kier alpha value is -3.63. The first-order chi connectivity index (χ1) is 14.8. The van der Waals surface area contributed by atoms with Crippen molar-refractivity contribution in [2.75, 3.05) is 5.32 Å². The molecule has 0 aliphatic heterocycles. The van der Waals surface area contributed by atoms with E-state index in [1.54, 1.807) is 30.5 Å². The zero-order valence-electron chi connectivity index (χ0n) is 17.5. The van der Waals surface area contributed by atoms with Crippen molar-refractivity contribution in [1.82, 2.24) is 15.6 Å². The maximum Gasteiger partial charge on any atom is 0.252 e. The number of nitrogens with zero attached hydrogens (tertiary/aromatic N) is 3. The van der Waals surface area contributed by atoms with Crippen LogP contribution in [-0.4, -0.2) is 23.0 Å². The number of aliphatic imine (C=N–C) groups is 1. The molecule has 0 spiro atoms. The summed E-state index contributed by atoms with van der Waals surface area (Å²) in [4.78, 5) is 21.7. The molecule has 1 aromatic heterocycles. The Bertz CT molecular complexity index is 1150. The summed E-state index contributed by atoms with van der Waals surface area (Å²) >= 11 is 5.91. The number of para-hydroxylation sites is 1. The Labute approximate surface area is 186 Å². The summed E-state index contributed by atoms with van der Waals surface area (Å²) < 4.78 is 0. The van der Waals surface area contributed by atoms with Gasteiger partial charge < -0.3 is 10.6 Å². The van der Waals surface area contributed by atoms with E-state index < -0.39 is 11.6 Å². The SMILES string of the molecule is CC(C)(C)C(/N=C(/NC#N)Nc1cnc2ccccc2c1)NC(=O)c1ccc(Cl)cc1. The Morgan fingerprint density at radius 3 is 2.55 bits per heavy atom. The summed E-state index contributed by atoms with van der Waals surface area (Å²) in [6, 6.07) is 16.2. The lowest BCUT2D eigenvalue weighted by atomic mass is 9.92. The lowest BCUT2D eigenvalue weighted by molar-refractivity contribution is 0.0906. The minimum Gasteiger partial charge on any atom is -0.330 e. The van der Waals surface area contributed by atoms with E-state index >= 15 is 0 Å². The largest absolute Gasteiger partial charge is 0.330 e. The number of aromatic nitrogens is 1. The van der Waals surface area contributed by atoms with Crippen molar-refractivity contribution >= 4 is 40.1 Å². The molecule has 0 aliphatic rings. The summed E-state index contributed by atoms with van der Waals surface area (Å²) in [5.74, 6) is -0.0834. The Morgan fingerprint density at radius 1 is 1.16 bits per heavy atom. The minimum absolute atomic E-state index is 0.205. The Balaban J connectivity index is 1.86. The normalized spacial score (nSPS) is 12.7. The van der Waals surface area contributed by atoms with Crippen LogP contribution in [0.25, 0.3) is 10.9 Å². The summed E-state index contributed by atoms with van der Waals surface area (Å²) in [7, 11) is 0. The maximum atomic E-state index is 12.7. The number of benzene rings is 2. The molecule has 0 fully saturated rings. The van der Waals surface area contributed by atoms with Crippen molar-refractivity contribution < 1.29 is 4.79 Å². The number of amides is 1. The first-order valence-corrected chi connectivity index (χ1v) is 10.1. The fraction of sp³-hybridized carbons (Fsp3) is 0.217. The van der Waals surface area contributed by atoms with Gasteiger partial charge in [-0.2, -0.15) is 5.26 Å². The molecule has 3 N–H and O–H groups in total. The molecular weight excluding hydrogens is 412 g/mol. The molecule has 1 atom stereocenters. The molecule has 3 aromatic rings. The highest BCUT2D eigenvalue weighted by molar-refractivity contribution is 6.30.